The number of hydrogen-bond acceptors (Lipinski definition) is 6. The Balaban J connectivity index is 1.68. The van der Waals surface area contributed by atoms with E-state index in [1.165, 1.54) is 0 Å². The molecule has 2 aliphatic heterocycles. The van der Waals surface area contributed by atoms with Crippen LogP contribution in [-0.2, 0) is 9.53 Å². The van der Waals surface area contributed by atoms with Crippen LogP contribution in [-0.4, -0.2) is 78.9 Å². The van der Waals surface area contributed by atoms with E-state index in [-0.39, 0.29) is 24.7 Å². The average Bonchev–Trinajstić information content (AvgIpc) is 2.89. The highest BCUT2D eigenvalue weighted by Crippen LogP contribution is 2.21. The number of β-amino-alcohol motifs (C(OH)–C–C–N with tert-alkyl or cyclic N) is 1. The van der Waals surface area contributed by atoms with E-state index in [2.05, 4.69) is 15.2 Å². The summed E-state index contributed by atoms with van der Waals surface area (Å²) in [5.74, 6) is 4.88. The van der Waals surface area contributed by atoms with Crippen LogP contribution in [0.1, 0.15) is 12.8 Å². The Hall–Kier alpha value is -0.730. The molecule has 0 radical (unpaired) electrons. The monoisotopic (exact) mass is 272 g/mol. The van der Waals surface area contributed by atoms with E-state index in [1.54, 1.807) is 0 Å². The Morgan fingerprint density at radius 3 is 2.58 bits per heavy atom. The van der Waals surface area contributed by atoms with Gasteiger partial charge in [-0.25, -0.2) is 5.84 Å². The third-order valence-corrected chi connectivity index (χ3v) is 3.89. The average molecular weight is 272 g/mol. The minimum Gasteiger partial charge on any atom is -0.395 e. The number of hydrogen-bond donors (Lipinski definition) is 3. The topological polar surface area (TPSA) is 91.1 Å². The van der Waals surface area contributed by atoms with Gasteiger partial charge in [0.2, 0.25) is 0 Å². The summed E-state index contributed by atoms with van der Waals surface area (Å²) in [6.07, 6.45) is 1.41. The molecule has 2 unspecified atom stereocenters. The maximum atomic E-state index is 11.4. The summed E-state index contributed by atoms with van der Waals surface area (Å²) in [7, 11) is 0. The lowest BCUT2D eigenvalue weighted by Crippen LogP contribution is -2.49. The Kier molecular flexibility index (Phi) is 5.53. The van der Waals surface area contributed by atoms with Crippen LogP contribution in [0.25, 0.3) is 0 Å². The summed E-state index contributed by atoms with van der Waals surface area (Å²) >= 11 is 0. The summed E-state index contributed by atoms with van der Waals surface area (Å²) in [6.45, 7) is 5.82. The molecule has 0 saturated carbocycles. The number of amides is 1. The second kappa shape index (κ2) is 7.16. The molecule has 2 fully saturated rings. The van der Waals surface area contributed by atoms with Gasteiger partial charge >= 0.3 is 0 Å². The molecule has 0 aromatic heterocycles. The molecule has 110 valence electrons. The number of nitrogens with two attached hydrogens (primary N) is 1. The molecule has 7 nitrogen and oxygen atoms in total. The van der Waals surface area contributed by atoms with E-state index < -0.39 is 0 Å². The standard InChI is InChI=1S/C12H24N4O3/c13-14-12(18)11-2-1-10(19-11)9-16-5-3-15(4-6-16)7-8-17/h10-11,17H,1-9,13H2,(H,14,18). The second-order valence-corrected chi connectivity index (χ2v) is 5.20. The fourth-order valence-electron chi connectivity index (χ4n) is 2.75. The molecule has 0 aromatic rings. The zero-order valence-electron chi connectivity index (χ0n) is 11.3. The highest BCUT2D eigenvalue weighted by molar-refractivity contribution is 5.80. The third-order valence-electron chi connectivity index (χ3n) is 3.89. The first kappa shape index (κ1) is 14.7. The highest BCUT2D eigenvalue weighted by atomic mass is 16.5. The highest BCUT2D eigenvalue weighted by Gasteiger charge is 2.31. The van der Waals surface area contributed by atoms with Crippen molar-refractivity contribution in [1.82, 2.24) is 15.2 Å². The number of carbonyl (C=O) groups excluding carboxylic acids is 1. The fourth-order valence-corrected chi connectivity index (χ4v) is 2.75. The van der Waals surface area contributed by atoms with Gasteiger partial charge in [0.25, 0.3) is 5.91 Å². The van der Waals surface area contributed by atoms with Gasteiger partial charge in [0.15, 0.2) is 0 Å². The summed E-state index contributed by atoms with van der Waals surface area (Å²) < 4.78 is 5.70. The van der Waals surface area contributed by atoms with E-state index in [9.17, 15) is 4.79 Å². The number of rotatable bonds is 5. The number of hydrazine groups is 1. The first-order valence-electron chi connectivity index (χ1n) is 6.94. The summed E-state index contributed by atoms with van der Waals surface area (Å²) in [6, 6.07) is 0. The zero-order valence-corrected chi connectivity index (χ0v) is 11.3. The summed E-state index contributed by atoms with van der Waals surface area (Å²) in [4.78, 5) is 16.0. The van der Waals surface area contributed by atoms with Crippen molar-refractivity contribution in [2.24, 2.45) is 5.84 Å². The van der Waals surface area contributed by atoms with Crippen LogP contribution in [0.5, 0.6) is 0 Å². The molecule has 0 spiro atoms. The van der Waals surface area contributed by atoms with Crippen LogP contribution < -0.4 is 11.3 Å². The van der Waals surface area contributed by atoms with Crippen LogP contribution in [0.4, 0.5) is 0 Å². The number of nitrogens with zero attached hydrogens (tertiary/aromatic N) is 2. The van der Waals surface area contributed by atoms with E-state index in [4.69, 9.17) is 15.7 Å². The molecule has 0 bridgehead atoms. The number of aliphatic hydroxyl groups excluding tert-OH is 1. The van der Waals surface area contributed by atoms with Gasteiger partial charge in [-0.15, -0.1) is 0 Å². The van der Waals surface area contributed by atoms with Gasteiger partial charge in [0, 0.05) is 39.3 Å². The molecule has 2 heterocycles. The lowest BCUT2D eigenvalue weighted by molar-refractivity contribution is -0.132. The summed E-state index contributed by atoms with van der Waals surface area (Å²) in [5, 5.41) is 8.90. The predicted molar refractivity (Wildman–Crippen MR) is 70.2 cm³/mol. The van der Waals surface area contributed by atoms with Crippen molar-refractivity contribution in [2.75, 3.05) is 45.9 Å². The molecular weight excluding hydrogens is 248 g/mol. The predicted octanol–water partition coefficient (Wildman–Crippen LogP) is -1.87. The molecule has 7 heteroatoms. The Labute approximate surface area is 113 Å². The number of piperazine rings is 1. The van der Waals surface area contributed by atoms with Gasteiger partial charge < -0.3 is 9.84 Å². The first-order chi connectivity index (χ1) is 9.22. The van der Waals surface area contributed by atoms with E-state index in [0.717, 1.165) is 52.1 Å². The van der Waals surface area contributed by atoms with Crippen LogP contribution in [0.3, 0.4) is 0 Å². The number of aliphatic hydroxyl groups is 1. The molecule has 4 N–H and O–H groups in total. The number of carbonyl (C=O) groups is 1. The Morgan fingerprint density at radius 2 is 1.95 bits per heavy atom. The third kappa shape index (κ3) is 4.12. The molecule has 1 amide bonds. The second-order valence-electron chi connectivity index (χ2n) is 5.20. The molecule has 0 aliphatic carbocycles. The normalized spacial score (nSPS) is 29.6. The maximum absolute atomic E-state index is 11.4. The van der Waals surface area contributed by atoms with Gasteiger partial charge in [-0.2, -0.15) is 0 Å². The largest absolute Gasteiger partial charge is 0.395 e. The van der Waals surface area contributed by atoms with Crippen molar-refractivity contribution in [3.05, 3.63) is 0 Å². The van der Waals surface area contributed by atoms with Gasteiger partial charge in [-0.05, 0) is 12.8 Å². The van der Waals surface area contributed by atoms with E-state index >= 15 is 0 Å². The van der Waals surface area contributed by atoms with Gasteiger partial charge in [0.05, 0.1) is 12.7 Å². The van der Waals surface area contributed by atoms with E-state index in [0.29, 0.717) is 0 Å². The van der Waals surface area contributed by atoms with Crippen LogP contribution in [0, 0.1) is 0 Å². The molecule has 2 aliphatic rings. The van der Waals surface area contributed by atoms with Crippen molar-refractivity contribution < 1.29 is 14.6 Å². The van der Waals surface area contributed by atoms with E-state index in [1.807, 2.05) is 0 Å². The molecule has 19 heavy (non-hydrogen) atoms. The molecular formula is C12H24N4O3. The van der Waals surface area contributed by atoms with Crippen molar-refractivity contribution in [2.45, 2.75) is 25.0 Å². The van der Waals surface area contributed by atoms with Crippen LogP contribution >= 0.6 is 0 Å². The molecule has 2 atom stereocenters. The molecule has 2 rings (SSSR count). The molecule has 0 aromatic carbocycles. The fraction of sp³-hybridized carbons (Fsp3) is 0.917. The van der Waals surface area contributed by atoms with Crippen LogP contribution in [0.15, 0.2) is 0 Å². The summed E-state index contributed by atoms with van der Waals surface area (Å²) in [5.41, 5.74) is 2.14. The number of ether oxygens (including phenoxy) is 1. The van der Waals surface area contributed by atoms with Crippen LogP contribution in [0.2, 0.25) is 0 Å². The Bertz CT molecular complexity index is 295. The lowest BCUT2D eigenvalue weighted by atomic mass is 10.1. The van der Waals surface area contributed by atoms with Gasteiger partial charge in [0.1, 0.15) is 6.10 Å². The number of nitrogens with one attached hydrogen (secondary N) is 1. The van der Waals surface area contributed by atoms with Crippen molar-refractivity contribution in [1.29, 1.82) is 0 Å². The minimum absolute atomic E-state index is 0.131. The lowest BCUT2D eigenvalue weighted by Gasteiger charge is -2.35. The molecule has 2 saturated heterocycles. The van der Waals surface area contributed by atoms with Gasteiger partial charge in [-0.1, -0.05) is 0 Å². The van der Waals surface area contributed by atoms with Crippen molar-refractivity contribution in [3.8, 4) is 0 Å². The smallest absolute Gasteiger partial charge is 0.263 e. The maximum Gasteiger partial charge on any atom is 0.263 e. The Morgan fingerprint density at radius 1 is 1.26 bits per heavy atom. The van der Waals surface area contributed by atoms with Crippen molar-refractivity contribution in [3.63, 3.8) is 0 Å². The quantitative estimate of drug-likeness (QED) is 0.309. The minimum atomic E-state index is -0.384. The zero-order chi connectivity index (χ0) is 13.7. The van der Waals surface area contributed by atoms with Gasteiger partial charge in [-0.3, -0.25) is 20.0 Å². The SMILES string of the molecule is NNC(=O)C1CCC(CN2CCN(CCO)CC2)O1. The van der Waals surface area contributed by atoms with Crippen molar-refractivity contribution >= 4 is 5.91 Å². The first-order valence-corrected chi connectivity index (χ1v) is 6.94.